The zero-order chi connectivity index (χ0) is 10.2. The molecule has 1 aromatic carbocycles. The van der Waals surface area contributed by atoms with Crippen LogP contribution in [0.15, 0.2) is 24.3 Å². The number of halogens is 3. The van der Waals surface area contributed by atoms with Gasteiger partial charge in [-0.3, -0.25) is 4.84 Å². The molecule has 2 aromatic rings. The maximum atomic E-state index is 11.8. The van der Waals surface area contributed by atoms with E-state index in [0.29, 0.717) is 10.2 Å². The second-order valence-electron chi connectivity index (χ2n) is 2.54. The molecule has 1 heterocycles. The molecule has 0 N–H and O–H groups in total. The number of nitrogens with zero attached hydrogens (tertiary/aromatic N) is 2. The number of aromatic nitrogens is 2. The molecule has 0 unspecified atom stereocenters. The summed E-state index contributed by atoms with van der Waals surface area (Å²) >= 11 is 0. The minimum absolute atomic E-state index is 0.227. The highest BCUT2D eigenvalue weighted by Gasteiger charge is 2.33. The number of hydrogen-bond donors (Lipinski definition) is 0. The van der Waals surface area contributed by atoms with Crippen molar-refractivity contribution in [2.75, 3.05) is 0 Å². The lowest BCUT2D eigenvalue weighted by Gasteiger charge is -2.07. The van der Waals surface area contributed by atoms with Crippen molar-refractivity contribution in [1.29, 1.82) is 0 Å². The van der Waals surface area contributed by atoms with Gasteiger partial charge in [0.25, 0.3) is 0 Å². The molecule has 0 saturated carbocycles. The zero-order valence-electron chi connectivity index (χ0n) is 6.75. The second kappa shape index (κ2) is 2.90. The van der Waals surface area contributed by atoms with Gasteiger partial charge in [0.05, 0.1) is 0 Å². The summed E-state index contributed by atoms with van der Waals surface area (Å²) in [6, 6.07) is 6.33. The lowest BCUT2D eigenvalue weighted by Crippen LogP contribution is -2.27. The van der Waals surface area contributed by atoms with E-state index in [2.05, 4.69) is 16.1 Å². The molecular weight excluding hydrogens is 197 g/mol. The molecule has 0 bridgehead atoms. The van der Waals surface area contributed by atoms with Crippen LogP contribution in [0.5, 0.6) is 0 Å². The summed E-state index contributed by atoms with van der Waals surface area (Å²) in [7, 11) is 0. The van der Waals surface area contributed by atoms with Gasteiger partial charge < -0.3 is 0 Å². The molecule has 0 amide bonds. The molecule has 0 aliphatic heterocycles. The Bertz CT molecular complexity index is 449. The number of fused-ring (bicyclic) bond motifs is 1. The lowest BCUT2D eigenvalue weighted by atomic mass is 10.3. The van der Waals surface area contributed by atoms with Crippen LogP contribution in [-0.2, 0) is 0 Å². The Kier molecular flexibility index (Phi) is 1.83. The van der Waals surface area contributed by atoms with E-state index in [0.717, 1.165) is 0 Å². The first kappa shape index (κ1) is 8.86. The molecule has 1 radical (unpaired) electrons. The third-order valence-corrected chi connectivity index (χ3v) is 1.56. The average molecular weight is 201 g/mol. The summed E-state index contributed by atoms with van der Waals surface area (Å²) in [5.41, 5.74) is 0.227. The summed E-state index contributed by atoms with van der Waals surface area (Å²) in [4.78, 5) is 4.03. The number of hydrogen-bond acceptors (Lipinski definition) is 2. The van der Waals surface area contributed by atoms with E-state index in [1.165, 1.54) is 6.07 Å². The van der Waals surface area contributed by atoms with Crippen molar-refractivity contribution >= 4 is 10.9 Å². The third-order valence-electron chi connectivity index (χ3n) is 1.56. The summed E-state index contributed by atoms with van der Waals surface area (Å²) < 4.78 is 35.5. The number of benzene rings is 1. The van der Waals surface area contributed by atoms with Crippen LogP contribution in [-0.4, -0.2) is 16.3 Å². The Balaban J connectivity index is 2.44. The van der Waals surface area contributed by atoms with Gasteiger partial charge >= 0.3 is 6.36 Å². The maximum Gasteiger partial charge on any atom is 0.593 e. The minimum Gasteiger partial charge on any atom is -0.294 e. The second-order valence-corrected chi connectivity index (χ2v) is 2.54. The molecule has 0 aliphatic rings. The van der Waals surface area contributed by atoms with Gasteiger partial charge in [-0.05, 0) is 6.07 Å². The standard InChI is InChI=1S/C8H4F3N2O/c9-8(10,11)14-13-7-4-2-1-3-6(7)5-12-13/h1-4H. The fourth-order valence-corrected chi connectivity index (χ4v) is 1.06. The highest BCUT2D eigenvalue weighted by molar-refractivity contribution is 5.77. The molecule has 6 heteroatoms. The Hall–Kier alpha value is -1.72. The average Bonchev–Trinajstić information content (AvgIpc) is 2.47. The van der Waals surface area contributed by atoms with Gasteiger partial charge in [-0.25, -0.2) is 0 Å². The van der Waals surface area contributed by atoms with Crippen molar-refractivity contribution in [3.63, 3.8) is 0 Å². The van der Waals surface area contributed by atoms with Crippen molar-refractivity contribution in [3.8, 4) is 0 Å². The van der Waals surface area contributed by atoms with Crippen LogP contribution in [0.4, 0.5) is 13.2 Å². The van der Waals surface area contributed by atoms with Crippen LogP contribution in [0.3, 0.4) is 0 Å². The molecule has 0 fully saturated rings. The molecule has 3 nitrogen and oxygen atoms in total. The van der Waals surface area contributed by atoms with E-state index >= 15 is 0 Å². The predicted octanol–water partition coefficient (Wildman–Crippen LogP) is 1.78. The first-order valence-corrected chi connectivity index (χ1v) is 3.68. The smallest absolute Gasteiger partial charge is 0.294 e. The highest BCUT2D eigenvalue weighted by Crippen LogP contribution is 2.16. The van der Waals surface area contributed by atoms with Crippen LogP contribution in [0, 0.1) is 6.20 Å². The normalized spacial score (nSPS) is 11.9. The van der Waals surface area contributed by atoms with Crippen molar-refractivity contribution in [1.82, 2.24) is 9.94 Å². The molecule has 0 atom stereocenters. The summed E-state index contributed by atoms with van der Waals surface area (Å²) in [5, 5.41) is 3.80. The van der Waals surface area contributed by atoms with E-state index in [9.17, 15) is 13.2 Å². The van der Waals surface area contributed by atoms with Gasteiger partial charge in [0.15, 0.2) is 0 Å². The fraction of sp³-hybridized carbons (Fsp3) is 0.125. The topological polar surface area (TPSA) is 27.1 Å². The number of alkyl halides is 3. The van der Waals surface area contributed by atoms with Gasteiger partial charge in [0.2, 0.25) is 0 Å². The number of para-hydroxylation sites is 1. The first-order valence-electron chi connectivity index (χ1n) is 3.68. The summed E-state index contributed by atoms with van der Waals surface area (Å²) in [6.07, 6.45) is -2.35. The fourth-order valence-electron chi connectivity index (χ4n) is 1.06. The van der Waals surface area contributed by atoms with E-state index < -0.39 is 6.36 Å². The Morgan fingerprint density at radius 2 is 2.00 bits per heavy atom. The number of rotatable bonds is 1. The lowest BCUT2D eigenvalue weighted by molar-refractivity contribution is -0.326. The molecule has 1 aromatic heterocycles. The van der Waals surface area contributed by atoms with Gasteiger partial charge in [0, 0.05) is 5.39 Å². The van der Waals surface area contributed by atoms with E-state index in [1.807, 2.05) is 0 Å². The highest BCUT2D eigenvalue weighted by atomic mass is 19.4. The van der Waals surface area contributed by atoms with Crippen LogP contribution in [0.2, 0.25) is 0 Å². The van der Waals surface area contributed by atoms with Crippen molar-refractivity contribution in [2.24, 2.45) is 0 Å². The van der Waals surface area contributed by atoms with Crippen LogP contribution < -0.4 is 4.84 Å². The summed E-state index contributed by atoms with van der Waals surface area (Å²) in [6.45, 7) is 0. The molecule has 2 rings (SSSR count). The SMILES string of the molecule is FC(F)(F)On1n[c]c2ccccc21. The minimum atomic E-state index is -4.75. The van der Waals surface area contributed by atoms with E-state index in [4.69, 9.17) is 0 Å². The van der Waals surface area contributed by atoms with E-state index in [-0.39, 0.29) is 5.52 Å². The zero-order valence-corrected chi connectivity index (χ0v) is 6.75. The Morgan fingerprint density at radius 1 is 1.29 bits per heavy atom. The van der Waals surface area contributed by atoms with Crippen molar-refractivity contribution < 1.29 is 18.0 Å². The van der Waals surface area contributed by atoms with Gasteiger partial charge in [0.1, 0.15) is 11.7 Å². The Morgan fingerprint density at radius 3 is 2.71 bits per heavy atom. The quantitative estimate of drug-likeness (QED) is 0.703. The van der Waals surface area contributed by atoms with Crippen LogP contribution in [0.1, 0.15) is 0 Å². The van der Waals surface area contributed by atoms with Crippen molar-refractivity contribution in [3.05, 3.63) is 30.5 Å². The summed E-state index contributed by atoms with van der Waals surface area (Å²) in [5.74, 6) is 0. The van der Waals surface area contributed by atoms with Crippen molar-refractivity contribution in [2.45, 2.75) is 6.36 Å². The van der Waals surface area contributed by atoms with E-state index in [1.54, 1.807) is 18.2 Å². The first-order chi connectivity index (χ1) is 6.56. The van der Waals surface area contributed by atoms with Crippen LogP contribution >= 0.6 is 0 Å². The third kappa shape index (κ3) is 1.63. The van der Waals surface area contributed by atoms with Crippen LogP contribution in [0.25, 0.3) is 10.9 Å². The molecule has 73 valence electrons. The molecule has 0 spiro atoms. The Labute approximate surface area is 76.6 Å². The van der Waals surface area contributed by atoms with Gasteiger partial charge in [-0.15, -0.1) is 18.3 Å². The maximum absolute atomic E-state index is 11.8. The molecule has 0 aliphatic carbocycles. The monoisotopic (exact) mass is 201 g/mol. The van der Waals surface area contributed by atoms with Gasteiger partial charge in [-0.2, -0.15) is 0 Å². The van der Waals surface area contributed by atoms with Gasteiger partial charge in [-0.1, -0.05) is 23.0 Å². The predicted molar refractivity (Wildman–Crippen MR) is 41.2 cm³/mol. The molecular formula is C8H4F3N2O. The molecule has 0 saturated heterocycles. The molecule has 14 heavy (non-hydrogen) atoms. The largest absolute Gasteiger partial charge is 0.593 e.